The predicted octanol–water partition coefficient (Wildman–Crippen LogP) is 1.38. The average Bonchev–Trinajstić information content (AvgIpc) is 2.84. The van der Waals surface area contributed by atoms with Gasteiger partial charge in [-0.15, -0.1) is 0 Å². The first-order valence-electron chi connectivity index (χ1n) is 7.33. The highest BCUT2D eigenvalue weighted by Gasteiger charge is 2.09. The molecule has 2 aromatic rings. The van der Waals surface area contributed by atoms with E-state index in [-0.39, 0.29) is 23.0 Å². The first kappa shape index (κ1) is 17.4. The van der Waals surface area contributed by atoms with Crippen molar-refractivity contribution in [3.05, 3.63) is 34.1 Å². The number of aryl methyl sites for hydroxylation is 1. The number of benzene rings is 1. The molecular weight excluding hydrogens is 290 g/mol. The molecule has 0 bridgehead atoms. The molecule has 0 radical (unpaired) electrons. The van der Waals surface area contributed by atoms with Crippen LogP contribution in [0, 0.1) is 10.1 Å². The molecule has 1 aromatic carbocycles. The largest absolute Gasteiger partial charge is 1.00 e. The third-order valence-electron chi connectivity index (χ3n) is 3.49. The van der Waals surface area contributed by atoms with Gasteiger partial charge in [0, 0.05) is 18.6 Å². The number of nitro benzene ring substituents is 1. The van der Waals surface area contributed by atoms with Crippen LogP contribution in [0.4, 0.5) is 5.69 Å². The van der Waals surface area contributed by atoms with Gasteiger partial charge in [0.05, 0.1) is 16.0 Å². The number of halogens is 1. The zero-order valence-electron chi connectivity index (χ0n) is 12.3. The number of nitrogens with one attached hydrogen (secondary N) is 1. The van der Waals surface area contributed by atoms with Crippen LogP contribution in [0.1, 0.15) is 51.3 Å². The maximum Gasteiger partial charge on any atom is 0.271 e. The number of imidazole rings is 1. The quantitative estimate of drug-likeness (QED) is 0.455. The molecule has 0 aliphatic rings. The summed E-state index contributed by atoms with van der Waals surface area (Å²) in [5.74, 6) is 0.927. The van der Waals surface area contributed by atoms with E-state index >= 15 is 0 Å². The van der Waals surface area contributed by atoms with Gasteiger partial charge < -0.3 is 17.4 Å². The number of nitrogens with zero attached hydrogens (tertiary/aromatic N) is 2. The van der Waals surface area contributed by atoms with Crippen molar-refractivity contribution in [1.82, 2.24) is 9.97 Å². The summed E-state index contributed by atoms with van der Waals surface area (Å²) in [6, 6.07) is 4.75. The molecule has 5 nitrogen and oxygen atoms in total. The third-order valence-corrected chi connectivity index (χ3v) is 3.49. The number of hydrogen-bond donors (Lipinski definition) is 1. The molecule has 6 heteroatoms. The number of hydrogen-bond acceptors (Lipinski definition) is 3. The van der Waals surface area contributed by atoms with E-state index in [4.69, 9.17) is 0 Å². The van der Waals surface area contributed by atoms with E-state index in [0.29, 0.717) is 0 Å². The molecule has 116 valence electrons. The maximum absolute atomic E-state index is 10.7. The second-order valence-electron chi connectivity index (χ2n) is 5.16. The van der Waals surface area contributed by atoms with E-state index in [1.54, 1.807) is 12.1 Å². The fraction of sp³-hybridized carbons (Fsp3) is 0.533. The molecule has 0 saturated carbocycles. The Morgan fingerprint density at radius 1 is 1.19 bits per heavy atom. The second kappa shape index (κ2) is 8.62. The van der Waals surface area contributed by atoms with E-state index in [2.05, 4.69) is 16.9 Å². The smallest absolute Gasteiger partial charge is 0.271 e. The van der Waals surface area contributed by atoms with Crippen molar-refractivity contribution >= 4 is 16.7 Å². The second-order valence-corrected chi connectivity index (χ2v) is 5.16. The van der Waals surface area contributed by atoms with Crippen molar-refractivity contribution in [1.29, 1.82) is 0 Å². The number of H-pyrrole nitrogens is 1. The predicted molar refractivity (Wildman–Crippen MR) is 79.8 cm³/mol. The normalized spacial score (nSPS) is 10.5. The lowest BCUT2D eigenvalue weighted by molar-refractivity contribution is -0.384. The number of aromatic nitrogens is 2. The Morgan fingerprint density at radius 3 is 2.62 bits per heavy atom. The molecule has 0 unspecified atom stereocenters. The van der Waals surface area contributed by atoms with Crippen LogP contribution in [0.3, 0.4) is 0 Å². The Balaban J connectivity index is 0.00000220. The van der Waals surface area contributed by atoms with Gasteiger partial charge in [0.1, 0.15) is 5.82 Å². The van der Waals surface area contributed by atoms with Gasteiger partial charge in [-0.2, -0.15) is 0 Å². The Kier molecular flexibility index (Phi) is 7.15. The molecule has 0 aliphatic carbocycles. The summed E-state index contributed by atoms with van der Waals surface area (Å²) in [5.41, 5.74) is 1.66. The first-order valence-corrected chi connectivity index (χ1v) is 7.33. The van der Waals surface area contributed by atoms with Gasteiger partial charge in [-0.3, -0.25) is 10.1 Å². The molecule has 21 heavy (non-hydrogen) atoms. The lowest BCUT2D eigenvalue weighted by atomic mass is 10.1. The summed E-state index contributed by atoms with van der Waals surface area (Å²) in [6.07, 6.45) is 8.41. The standard InChI is InChI=1S/C15H21N3O2.ClH/c1-2-3-4-5-6-7-8-15-16-13-10-9-12(18(19)20)11-14(13)17-15;/h9-11H,2-8H2,1H3,(H,16,17);1H/p-1. The highest BCUT2D eigenvalue weighted by molar-refractivity contribution is 5.77. The number of rotatable bonds is 8. The number of non-ortho nitro benzene ring substituents is 1. The number of aromatic amines is 1. The van der Waals surface area contributed by atoms with Gasteiger partial charge in [0.25, 0.3) is 5.69 Å². The minimum atomic E-state index is -0.381. The minimum Gasteiger partial charge on any atom is -1.00 e. The van der Waals surface area contributed by atoms with Crippen molar-refractivity contribution < 1.29 is 17.3 Å². The molecule has 0 aliphatic heterocycles. The van der Waals surface area contributed by atoms with E-state index in [9.17, 15) is 10.1 Å². The van der Waals surface area contributed by atoms with Crippen LogP contribution in [0.5, 0.6) is 0 Å². The summed E-state index contributed by atoms with van der Waals surface area (Å²) in [7, 11) is 0. The number of unbranched alkanes of at least 4 members (excludes halogenated alkanes) is 5. The molecular formula is C15H21ClN3O2-. The van der Waals surface area contributed by atoms with Gasteiger partial charge in [0.15, 0.2) is 0 Å². The van der Waals surface area contributed by atoms with E-state index in [0.717, 1.165) is 29.7 Å². The Labute approximate surface area is 130 Å². The number of fused-ring (bicyclic) bond motifs is 1. The van der Waals surface area contributed by atoms with Gasteiger partial charge in [-0.05, 0) is 12.5 Å². The molecule has 0 atom stereocenters. The molecule has 2 rings (SSSR count). The fourth-order valence-corrected chi connectivity index (χ4v) is 2.36. The van der Waals surface area contributed by atoms with Crippen LogP contribution in [-0.2, 0) is 6.42 Å². The Bertz CT molecular complexity index is 583. The van der Waals surface area contributed by atoms with Crippen molar-refractivity contribution in [2.45, 2.75) is 51.9 Å². The molecule has 0 saturated heterocycles. The first-order chi connectivity index (χ1) is 9.70. The average molecular weight is 311 g/mol. The van der Waals surface area contributed by atoms with E-state index < -0.39 is 0 Å². The zero-order valence-corrected chi connectivity index (χ0v) is 13.0. The Morgan fingerprint density at radius 2 is 1.90 bits per heavy atom. The highest BCUT2D eigenvalue weighted by Crippen LogP contribution is 2.19. The van der Waals surface area contributed by atoms with Crippen LogP contribution in [-0.4, -0.2) is 14.9 Å². The molecule has 0 spiro atoms. The monoisotopic (exact) mass is 310 g/mol. The van der Waals surface area contributed by atoms with Crippen LogP contribution < -0.4 is 12.4 Å². The van der Waals surface area contributed by atoms with Crippen LogP contribution in [0.2, 0.25) is 0 Å². The van der Waals surface area contributed by atoms with Gasteiger partial charge >= 0.3 is 0 Å². The topological polar surface area (TPSA) is 71.8 Å². The van der Waals surface area contributed by atoms with Gasteiger partial charge in [-0.1, -0.05) is 39.0 Å². The van der Waals surface area contributed by atoms with Gasteiger partial charge in [0.2, 0.25) is 0 Å². The summed E-state index contributed by atoms with van der Waals surface area (Å²) < 4.78 is 0. The fourth-order valence-electron chi connectivity index (χ4n) is 2.36. The summed E-state index contributed by atoms with van der Waals surface area (Å²) in [6.45, 7) is 2.22. The van der Waals surface area contributed by atoms with E-state index in [1.165, 1.54) is 38.2 Å². The van der Waals surface area contributed by atoms with Crippen LogP contribution in [0.15, 0.2) is 18.2 Å². The SMILES string of the molecule is CCCCCCCCc1nc2ccc([N+](=O)[O-])cc2[nH]1.[Cl-]. The Hall–Kier alpha value is -1.62. The zero-order chi connectivity index (χ0) is 14.4. The van der Waals surface area contributed by atoms with E-state index in [1.807, 2.05) is 0 Å². The van der Waals surface area contributed by atoms with Crippen molar-refractivity contribution in [3.63, 3.8) is 0 Å². The van der Waals surface area contributed by atoms with Crippen LogP contribution >= 0.6 is 0 Å². The molecule has 1 heterocycles. The molecule has 0 fully saturated rings. The summed E-state index contributed by atoms with van der Waals surface area (Å²) >= 11 is 0. The molecule has 0 amide bonds. The molecule has 1 N–H and O–H groups in total. The highest BCUT2D eigenvalue weighted by atomic mass is 35.5. The van der Waals surface area contributed by atoms with Crippen LogP contribution in [0.25, 0.3) is 11.0 Å². The van der Waals surface area contributed by atoms with Crippen molar-refractivity contribution in [2.24, 2.45) is 0 Å². The van der Waals surface area contributed by atoms with Crippen molar-refractivity contribution in [2.75, 3.05) is 0 Å². The maximum atomic E-state index is 10.7. The van der Waals surface area contributed by atoms with Crippen molar-refractivity contribution in [3.8, 4) is 0 Å². The lowest BCUT2D eigenvalue weighted by Crippen LogP contribution is -3.00. The number of nitro groups is 1. The minimum absolute atomic E-state index is 0. The molecule has 1 aromatic heterocycles. The third kappa shape index (κ3) is 5.01. The summed E-state index contributed by atoms with van der Waals surface area (Å²) in [4.78, 5) is 18.0. The van der Waals surface area contributed by atoms with Gasteiger partial charge in [-0.25, -0.2) is 4.98 Å². The summed E-state index contributed by atoms with van der Waals surface area (Å²) in [5, 5.41) is 10.7. The lowest BCUT2D eigenvalue weighted by Gasteiger charge is -1.98.